The number of rotatable bonds is 6. The maximum atomic E-state index is 12.7. The summed E-state index contributed by atoms with van der Waals surface area (Å²) in [6.07, 6.45) is 0.988. The van der Waals surface area contributed by atoms with E-state index in [-0.39, 0.29) is 19.1 Å². The minimum absolute atomic E-state index is 0.0406. The van der Waals surface area contributed by atoms with E-state index in [2.05, 4.69) is 27.6 Å². The molecule has 2 rings (SSSR count). The number of hydrogen-bond donors (Lipinski definition) is 1. The van der Waals surface area contributed by atoms with Crippen LogP contribution in [0, 0.1) is 4.91 Å². The molecule has 1 atom stereocenters. The largest absolute Gasteiger partial charge is 0.444 e. The topological polar surface area (TPSA) is 110 Å². The third-order valence-electron chi connectivity index (χ3n) is 4.03. The number of nitroso groups, excluding NO2 is 1. The molecule has 8 nitrogen and oxygen atoms in total. The lowest BCUT2D eigenvalue weighted by atomic mass is 10.1. The van der Waals surface area contributed by atoms with Gasteiger partial charge in [0.15, 0.2) is 0 Å². The van der Waals surface area contributed by atoms with E-state index in [0.29, 0.717) is 0 Å². The van der Waals surface area contributed by atoms with Crippen LogP contribution in [0.25, 0.3) is 0 Å². The quantitative estimate of drug-likeness (QED) is 0.369. The van der Waals surface area contributed by atoms with Crippen molar-refractivity contribution in [3.8, 4) is 0 Å². The van der Waals surface area contributed by atoms with Gasteiger partial charge in [-0.05, 0) is 44.7 Å². The van der Waals surface area contributed by atoms with Gasteiger partial charge in [-0.25, -0.2) is 4.79 Å². The minimum atomic E-state index is -0.719. The van der Waals surface area contributed by atoms with Gasteiger partial charge < -0.3 is 15.5 Å². The van der Waals surface area contributed by atoms with Gasteiger partial charge in [0.05, 0.1) is 13.1 Å². The Morgan fingerprint density at radius 3 is 2.40 bits per heavy atom. The summed E-state index contributed by atoms with van der Waals surface area (Å²) in [5.41, 5.74) is 1.79. The van der Waals surface area contributed by atoms with E-state index in [9.17, 15) is 9.70 Å². The lowest BCUT2D eigenvalue weighted by molar-refractivity contribution is 0.0157. The summed E-state index contributed by atoms with van der Waals surface area (Å²) in [6.45, 7) is 5.59. The second kappa shape index (κ2) is 8.04. The van der Waals surface area contributed by atoms with E-state index in [1.54, 1.807) is 4.90 Å². The van der Waals surface area contributed by atoms with Gasteiger partial charge in [0.25, 0.3) is 0 Å². The summed E-state index contributed by atoms with van der Waals surface area (Å²) >= 11 is 0. The predicted octanol–water partition coefficient (Wildman–Crippen LogP) is 2.85. The first-order chi connectivity index (χ1) is 11.8. The molecule has 1 aromatic carbocycles. The molecule has 0 radical (unpaired) electrons. The molecule has 0 spiro atoms. The average molecular weight is 347 g/mol. The van der Waals surface area contributed by atoms with E-state index >= 15 is 0 Å². The Kier molecular flexibility index (Phi) is 6.06. The Hall–Kier alpha value is -2.51. The number of nitrogens with two attached hydrogens (primary N) is 1. The van der Waals surface area contributed by atoms with E-state index in [0.717, 1.165) is 12.8 Å². The van der Waals surface area contributed by atoms with Crippen molar-refractivity contribution in [3.05, 3.63) is 40.3 Å². The molecule has 1 aliphatic carbocycles. The van der Waals surface area contributed by atoms with Crippen LogP contribution in [0.2, 0.25) is 0 Å². The van der Waals surface area contributed by atoms with Crippen molar-refractivity contribution in [2.45, 2.75) is 51.3 Å². The number of nitrogens with zero attached hydrogens (tertiary/aromatic N) is 4. The van der Waals surface area contributed by atoms with Crippen molar-refractivity contribution in [2.24, 2.45) is 21.4 Å². The van der Waals surface area contributed by atoms with Crippen molar-refractivity contribution >= 4 is 6.09 Å². The summed E-state index contributed by atoms with van der Waals surface area (Å²) in [7, 11) is 0. The fourth-order valence-electron chi connectivity index (χ4n) is 2.94. The van der Waals surface area contributed by atoms with Gasteiger partial charge in [0.1, 0.15) is 11.6 Å². The van der Waals surface area contributed by atoms with Gasteiger partial charge in [-0.2, -0.15) is 10.0 Å². The normalized spacial score (nSPS) is 15.8. The van der Waals surface area contributed by atoms with Crippen LogP contribution >= 0.6 is 0 Å². The standard InChI is InChI=1S/C17H25N5O3/c1-17(2,3)25-16(23)22(11-14(20-24)10-19-21-18)15-8-12-6-4-5-7-13(12)9-15/h4-7,14-15H,8-11H2,1-3H3,(H2,18,19)/t14-/m1/s1. The van der Waals surface area contributed by atoms with Crippen molar-refractivity contribution in [1.82, 2.24) is 4.90 Å². The van der Waals surface area contributed by atoms with Crippen LogP contribution in [0.4, 0.5) is 4.79 Å². The summed E-state index contributed by atoms with van der Waals surface area (Å²) in [5, 5.41) is 9.84. The van der Waals surface area contributed by atoms with Crippen molar-refractivity contribution < 1.29 is 9.53 Å². The highest BCUT2D eigenvalue weighted by atomic mass is 16.6. The Morgan fingerprint density at radius 1 is 1.32 bits per heavy atom. The number of carbonyl (C=O) groups excluding carboxylic acids is 1. The van der Waals surface area contributed by atoms with E-state index in [4.69, 9.17) is 10.6 Å². The Balaban J connectivity index is 2.17. The molecule has 0 saturated carbocycles. The van der Waals surface area contributed by atoms with Crippen molar-refractivity contribution in [3.63, 3.8) is 0 Å². The van der Waals surface area contributed by atoms with Crippen LogP contribution < -0.4 is 5.84 Å². The monoisotopic (exact) mass is 347 g/mol. The number of ether oxygens (including phenoxy) is 1. The summed E-state index contributed by atoms with van der Waals surface area (Å²) in [5.74, 6) is 4.99. The van der Waals surface area contributed by atoms with Crippen LogP contribution in [0.3, 0.4) is 0 Å². The molecule has 1 aliphatic rings. The number of fused-ring (bicyclic) bond motifs is 1. The van der Waals surface area contributed by atoms with Gasteiger partial charge in [-0.1, -0.05) is 34.7 Å². The zero-order chi connectivity index (χ0) is 18.4. The third-order valence-corrected chi connectivity index (χ3v) is 4.03. The molecule has 2 N–H and O–H groups in total. The lowest BCUT2D eigenvalue weighted by Gasteiger charge is -2.32. The van der Waals surface area contributed by atoms with Crippen molar-refractivity contribution in [1.29, 1.82) is 0 Å². The molecule has 0 bridgehead atoms. The highest BCUT2D eigenvalue weighted by Crippen LogP contribution is 2.27. The fraction of sp³-hybridized carbons (Fsp3) is 0.588. The van der Waals surface area contributed by atoms with Gasteiger partial charge in [0.2, 0.25) is 0 Å². The van der Waals surface area contributed by atoms with Crippen LogP contribution in [0.15, 0.2) is 39.8 Å². The molecule has 0 aromatic heterocycles. The van der Waals surface area contributed by atoms with Crippen molar-refractivity contribution in [2.75, 3.05) is 13.1 Å². The molecule has 0 unspecified atom stereocenters. The molecule has 136 valence electrons. The molecular formula is C17H25N5O3. The van der Waals surface area contributed by atoms with Gasteiger partial charge in [-0.15, -0.1) is 0 Å². The Labute approximate surface area is 147 Å². The highest BCUT2D eigenvalue weighted by molar-refractivity contribution is 5.69. The van der Waals surface area contributed by atoms with Gasteiger partial charge in [-0.3, -0.25) is 0 Å². The molecule has 0 saturated heterocycles. The second-order valence-corrected chi connectivity index (χ2v) is 7.16. The number of amides is 1. The first-order valence-electron chi connectivity index (χ1n) is 8.29. The molecule has 0 fully saturated rings. The summed E-state index contributed by atoms with van der Waals surface area (Å²) in [6, 6.07) is 7.28. The maximum absolute atomic E-state index is 12.7. The van der Waals surface area contributed by atoms with E-state index < -0.39 is 17.7 Å². The van der Waals surface area contributed by atoms with E-state index in [1.807, 2.05) is 32.9 Å². The van der Waals surface area contributed by atoms with Crippen LogP contribution in [-0.2, 0) is 17.6 Å². The summed E-state index contributed by atoms with van der Waals surface area (Å²) < 4.78 is 5.53. The first kappa shape index (κ1) is 18.8. The minimum Gasteiger partial charge on any atom is -0.444 e. The number of carbonyl (C=O) groups is 1. The predicted molar refractivity (Wildman–Crippen MR) is 94.1 cm³/mol. The maximum Gasteiger partial charge on any atom is 0.410 e. The first-order valence-corrected chi connectivity index (χ1v) is 8.29. The fourth-order valence-corrected chi connectivity index (χ4v) is 2.94. The van der Waals surface area contributed by atoms with Gasteiger partial charge >= 0.3 is 6.09 Å². The zero-order valence-corrected chi connectivity index (χ0v) is 14.9. The Morgan fingerprint density at radius 2 is 1.92 bits per heavy atom. The second-order valence-electron chi connectivity index (χ2n) is 7.16. The Bertz CT molecular complexity index is 616. The van der Waals surface area contributed by atoms with Crippen LogP contribution in [0.1, 0.15) is 31.9 Å². The molecule has 1 amide bonds. The average Bonchev–Trinajstić information content (AvgIpc) is 2.97. The highest BCUT2D eigenvalue weighted by Gasteiger charge is 2.34. The third kappa shape index (κ3) is 5.23. The van der Waals surface area contributed by atoms with Crippen LogP contribution in [0.5, 0.6) is 0 Å². The molecule has 25 heavy (non-hydrogen) atoms. The zero-order valence-electron chi connectivity index (χ0n) is 14.9. The SMILES string of the molecule is CC(C)(C)OC(=O)N(C[C@@H](CN=NN)N=O)C1Cc2ccccc2C1. The number of benzene rings is 1. The molecule has 0 heterocycles. The molecule has 1 aromatic rings. The van der Waals surface area contributed by atoms with Crippen LogP contribution in [-0.4, -0.2) is 41.8 Å². The lowest BCUT2D eigenvalue weighted by Crippen LogP contribution is -2.47. The summed E-state index contributed by atoms with van der Waals surface area (Å²) in [4.78, 5) is 25.4. The molecule has 0 aliphatic heterocycles. The molecule has 8 heteroatoms. The number of hydrogen-bond acceptors (Lipinski definition) is 6. The smallest absolute Gasteiger partial charge is 0.410 e. The van der Waals surface area contributed by atoms with Gasteiger partial charge in [0, 0.05) is 6.04 Å². The molecular weight excluding hydrogens is 322 g/mol. The van der Waals surface area contributed by atoms with E-state index in [1.165, 1.54) is 11.1 Å².